The van der Waals surface area contributed by atoms with Crippen LogP contribution < -0.4 is 0 Å². The van der Waals surface area contributed by atoms with E-state index in [0.29, 0.717) is 6.54 Å². The van der Waals surface area contributed by atoms with Crippen molar-refractivity contribution in [3.63, 3.8) is 0 Å². The van der Waals surface area contributed by atoms with Gasteiger partial charge in [0.25, 0.3) is 0 Å². The minimum atomic E-state index is -0.259. The van der Waals surface area contributed by atoms with Gasteiger partial charge >= 0.3 is 5.97 Å². The zero-order chi connectivity index (χ0) is 13.9. The van der Waals surface area contributed by atoms with E-state index in [4.69, 9.17) is 4.74 Å². The van der Waals surface area contributed by atoms with Crippen LogP contribution in [0.25, 0.3) is 0 Å². The van der Waals surface area contributed by atoms with Crippen LogP contribution in [-0.2, 0) is 9.53 Å². The Labute approximate surface area is 118 Å². The lowest BCUT2D eigenvalue weighted by molar-refractivity contribution is -0.164. The largest absolute Gasteiger partial charge is 0.454 e. The Morgan fingerprint density at radius 3 is 2.10 bits per heavy atom. The first-order valence-corrected chi connectivity index (χ1v) is 6.75. The van der Waals surface area contributed by atoms with E-state index in [0.717, 1.165) is 11.1 Å². The minimum Gasteiger partial charge on any atom is -0.454 e. The summed E-state index contributed by atoms with van der Waals surface area (Å²) in [5.41, 5.74) is 2.19. The van der Waals surface area contributed by atoms with Crippen molar-refractivity contribution in [3.05, 3.63) is 71.8 Å². The molecule has 0 bridgehead atoms. The molecule has 1 heterocycles. The first kappa shape index (κ1) is 12.9. The third kappa shape index (κ3) is 2.45. The predicted molar refractivity (Wildman–Crippen MR) is 77.1 cm³/mol. The first-order valence-electron chi connectivity index (χ1n) is 6.75. The molecule has 3 heteroatoms. The van der Waals surface area contributed by atoms with Crippen molar-refractivity contribution < 1.29 is 9.53 Å². The molecule has 0 radical (unpaired) electrons. The summed E-state index contributed by atoms with van der Waals surface area (Å²) in [6.45, 7) is 0.322. The summed E-state index contributed by atoms with van der Waals surface area (Å²) in [6.07, 6.45) is -0.259. The highest BCUT2D eigenvalue weighted by Gasteiger charge is 2.36. The van der Waals surface area contributed by atoms with Crippen LogP contribution in [0.4, 0.5) is 0 Å². The van der Waals surface area contributed by atoms with E-state index in [1.54, 1.807) is 0 Å². The molecule has 2 unspecified atom stereocenters. The fourth-order valence-electron chi connectivity index (χ4n) is 2.75. The van der Waals surface area contributed by atoms with Gasteiger partial charge in [0.05, 0.1) is 12.6 Å². The molecule has 0 saturated carbocycles. The van der Waals surface area contributed by atoms with E-state index in [1.807, 2.05) is 55.6 Å². The third-order valence-electron chi connectivity index (χ3n) is 3.67. The number of rotatable bonds is 2. The molecule has 0 N–H and O–H groups in total. The molecule has 0 spiro atoms. The van der Waals surface area contributed by atoms with E-state index >= 15 is 0 Å². The Bertz CT molecular complexity index is 582. The van der Waals surface area contributed by atoms with Crippen molar-refractivity contribution in [1.29, 1.82) is 0 Å². The molecule has 2 aromatic rings. The molecule has 3 nitrogen and oxygen atoms in total. The molecule has 20 heavy (non-hydrogen) atoms. The fourth-order valence-corrected chi connectivity index (χ4v) is 2.75. The van der Waals surface area contributed by atoms with Gasteiger partial charge < -0.3 is 4.74 Å². The molecule has 0 amide bonds. The maximum Gasteiger partial charge on any atom is 0.320 e. The summed E-state index contributed by atoms with van der Waals surface area (Å²) in [4.78, 5) is 13.8. The van der Waals surface area contributed by atoms with Crippen LogP contribution in [0.15, 0.2) is 60.7 Å². The van der Waals surface area contributed by atoms with Gasteiger partial charge in [0.1, 0.15) is 6.10 Å². The normalized spacial score (nSPS) is 23.4. The lowest BCUT2D eigenvalue weighted by Gasteiger charge is -2.38. The number of morpholine rings is 1. The van der Waals surface area contributed by atoms with Gasteiger partial charge in [-0.25, -0.2) is 0 Å². The van der Waals surface area contributed by atoms with E-state index in [9.17, 15) is 4.79 Å². The van der Waals surface area contributed by atoms with Gasteiger partial charge in [-0.2, -0.15) is 0 Å². The standard InChI is InChI=1S/C17H17NO2/c1-18-12-15(19)20-17(14-10-6-3-7-11-14)16(18)13-8-4-2-5-9-13/h2-11,16-17H,12H2,1H3. The molecule has 1 fully saturated rings. The maximum absolute atomic E-state index is 11.8. The summed E-state index contributed by atoms with van der Waals surface area (Å²) >= 11 is 0. The summed E-state index contributed by atoms with van der Waals surface area (Å²) in [5.74, 6) is -0.173. The van der Waals surface area contributed by atoms with Gasteiger partial charge in [0.15, 0.2) is 0 Å². The number of likely N-dealkylation sites (N-methyl/N-ethyl adjacent to an activating group) is 1. The SMILES string of the molecule is CN1CC(=O)OC(c2ccccc2)C1c1ccccc1. The maximum atomic E-state index is 11.8. The van der Waals surface area contributed by atoms with Crippen LogP contribution in [0, 0.1) is 0 Å². The predicted octanol–water partition coefficient (Wildman–Crippen LogP) is 2.96. The topological polar surface area (TPSA) is 29.5 Å². The van der Waals surface area contributed by atoms with Crippen LogP contribution in [0.3, 0.4) is 0 Å². The van der Waals surface area contributed by atoms with Crippen molar-refractivity contribution in [1.82, 2.24) is 4.90 Å². The molecular weight excluding hydrogens is 250 g/mol. The van der Waals surface area contributed by atoms with Crippen LogP contribution >= 0.6 is 0 Å². The number of hydrogen-bond donors (Lipinski definition) is 0. The molecule has 102 valence electrons. The smallest absolute Gasteiger partial charge is 0.320 e. The van der Waals surface area contributed by atoms with Crippen LogP contribution in [-0.4, -0.2) is 24.5 Å². The van der Waals surface area contributed by atoms with Crippen LogP contribution in [0.5, 0.6) is 0 Å². The van der Waals surface area contributed by atoms with E-state index in [1.165, 1.54) is 0 Å². The van der Waals surface area contributed by atoms with Crippen LogP contribution in [0.2, 0.25) is 0 Å². The molecule has 2 atom stereocenters. The van der Waals surface area contributed by atoms with Gasteiger partial charge in [0, 0.05) is 0 Å². The second-order valence-corrected chi connectivity index (χ2v) is 5.09. The monoisotopic (exact) mass is 267 g/mol. The summed E-state index contributed by atoms with van der Waals surface area (Å²) in [7, 11) is 1.97. The second kappa shape index (κ2) is 5.47. The van der Waals surface area contributed by atoms with Crippen molar-refractivity contribution >= 4 is 5.97 Å². The summed E-state index contributed by atoms with van der Waals surface area (Å²) in [6, 6.07) is 20.2. The van der Waals surface area contributed by atoms with E-state index < -0.39 is 0 Å². The van der Waals surface area contributed by atoms with Gasteiger partial charge in [-0.3, -0.25) is 9.69 Å². The lowest BCUT2D eigenvalue weighted by Crippen LogP contribution is -2.41. The molecular formula is C17H17NO2. The number of cyclic esters (lactones) is 1. The zero-order valence-corrected chi connectivity index (χ0v) is 11.4. The van der Waals surface area contributed by atoms with Crippen molar-refractivity contribution in [2.75, 3.05) is 13.6 Å². The molecule has 0 aliphatic carbocycles. The van der Waals surface area contributed by atoms with Gasteiger partial charge in [0.2, 0.25) is 0 Å². The number of nitrogens with zero attached hydrogens (tertiary/aromatic N) is 1. The van der Waals surface area contributed by atoms with Crippen molar-refractivity contribution in [2.24, 2.45) is 0 Å². The van der Waals surface area contributed by atoms with E-state index in [2.05, 4.69) is 17.0 Å². The van der Waals surface area contributed by atoms with Gasteiger partial charge in [-0.05, 0) is 18.2 Å². The number of carbonyl (C=O) groups excluding carboxylic acids is 1. The zero-order valence-electron chi connectivity index (χ0n) is 11.4. The van der Waals surface area contributed by atoms with Crippen LogP contribution in [0.1, 0.15) is 23.3 Å². The molecule has 1 aliphatic rings. The highest BCUT2D eigenvalue weighted by atomic mass is 16.5. The average Bonchev–Trinajstić information content (AvgIpc) is 2.48. The average molecular weight is 267 g/mol. The number of benzene rings is 2. The quantitative estimate of drug-likeness (QED) is 0.783. The second-order valence-electron chi connectivity index (χ2n) is 5.09. The number of ether oxygens (including phenoxy) is 1. The van der Waals surface area contributed by atoms with Crippen molar-refractivity contribution in [2.45, 2.75) is 12.1 Å². The Morgan fingerprint density at radius 2 is 1.50 bits per heavy atom. The third-order valence-corrected chi connectivity index (χ3v) is 3.67. The molecule has 2 aromatic carbocycles. The number of hydrogen-bond acceptors (Lipinski definition) is 3. The fraction of sp³-hybridized carbons (Fsp3) is 0.235. The molecule has 1 aliphatic heterocycles. The lowest BCUT2D eigenvalue weighted by atomic mass is 9.93. The first-order chi connectivity index (χ1) is 9.75. The Kier molecular flexibility index (Phi) is 3.52. The van der Waals surface area contributed by atoms with Gasteiger partial charge in [-0.1, -0.05) is 60.7 Å². The minimum absolute atomic E-state index is 0.0521. The van der Waals surface area contributed by atoms with Gasteiger partial charge in [-0.15, -0.1) is 0 Å². The van der Waals surface area contributed by atoms with Crippen molar-refractivity contribution in [3.8, 4) is 0 Å². The molecule has 0 aromatic heterocycles. The Hall–Kier alpha value is -2.13. The number of carbonyl (C=O) groups is 1. The highest BCUT2D eigenvalue weighted by molar-refractivity contribution is 5.73. The number of esters is 1. The molecule has 3 rings (SSSR count). The summed E-state index contributed by atoms with van der Waals surface area (Å²) < 4.78 is 5.63. The highest BCUT2D eigenvalue weighted by Crippen LogP contribution is 2.38. The molecule has 1 saturated heterocycles. The summed E-state index contributed by atoms with van der Waals surface area (Å²) in [5, 5.41) is 0. The van der Waals surface area contributed by atoms with E-state index in [-0.39, 0.29) is 18.1 Å². The Balaban J connectivity index is 2.01. The Morgan fingerprint density at radius 1 is 0.950 bits per heavy atom.